The van der Waals surface area contributed by atoms with Gasteiger partial charge in [0.15, 0.2) is 0 Å². The molecule has 0 amide bonds. The topological polar surface area (TPSA) is 29.3 Å². The molecule has 92 valence electrons. The molecule has 0 radical (unpaired) electrons. The van der Waals surface area contributed by atoms with Gasteiger partial charge in [0.2, 0.25) is 0 Å². The summed E-state index contributed by atoms with van der Waals surface area (Å²) >= 11 is 0. The van der Waals surface area contributed by atoms with Crippen molar-refractivity contribution in [2.45, 2.75) is 45.2 Å². The van der Waals surface area contributed by atoms with Crippen LogP contribution in [-0.4, -0.2) is 24.0 Å². The number of nitrogens with two attached hydrogens (primary N) is 1. The molecule has 2 nitrogen and oxygen atoms in total. The molecule has 1 saturated heterocycles. The summed E-state index contributed by atoms with van der Waals surface area (Å²) in [5.41, 5.74) is 12.2. The second-order valence-corrected chi connectivity index (χ2v) is 5.67. The summed E-state index contributed by atoms with van der Waals surface area (Å²) in [7, 11) is 0. The van der Waals surface area contributed by atoms with E-state index in [1.807, 2.05) is 0 Å². The zero-order chi connectivity index (χ0) is 12.0. The second kappa shape index (κ2) is 4.11. The highest BCUT2D eigenvalue weighted by molar-refractivity contribution is 5.41. The molecular formula is C15H22N2. The first-order chi connectivity index (χ1) is 8.16. The van der Waals surface area contributed by atoms with Crippen molar-refractivity contribution in [3.8, 4) is 0 Å². The average Bonchev–Trinajstić information content (AvgIpc) is 2.31. The molecule has 3 rings (SSSR count). The second-order valence-electron chi connectivity index (χ2n) is 5.67. The highest BCUT2D eigenvalue weighted by Gasteiger charge is 2.34. The molecular weight excluding hydrogens is 208 g/mol. The molecule has 0 aromatic heterocycles. The van der Waals surface area contributed by atoms with Gasteiger partial charge in [0, 0.05) is 12.6 Å². The van der Waals surface area contributed by atoms with Crippen molar-refractivity contribution >= 4 is 0 Å². The van der Waals surface area contributed by atoms with Crippen molar-refractivity contribution in [2.24, 2.45) is 5.73 Å². The maximum atomic E-state index is 6.35. The van der Waals surface area contributed by atoms with Crippen LogP contribution in [-0.2, 0) is 6.42 Å². The van der Waals surface area contributed by atoms with Crippen LogP contribution in [0.15, 0.2) is 12.1 Å². The van der Waals surface area contributed by atoms with Crippen LogP contribution in [0.3, 0.4) is 0 Å². The Balaban J connectivity index is 2.07. The van der Waals surface area contributed by atoms with Crippen molar-refractivity contribution in [3.63, 3.8) is 0 Å². The van der Waals surface area contributed by atoms with Crippen molar-refractivity contribution in [1.29, 1.82) is 0 Å². The number of hydrogen-bond acceptors (Lipinski definition) is 2. The van der Waals surface area contributed by atoms with Gasteiger partial charge in [-0.15, -0.1) is 0 Å². The minimum atomic E-state index is 0.324. The lowest BCUT2D eigenvalue weighted by Crippen LogP contribution is -2.49. The minimum Gasteiger partial charge on any atom is -0.326 e. The van der Waals surface area contributed by atoms with E-state index in [0.717, 1.165) is 0 Å². The molecule has 2 N–H and O–H groups in total. The molecule has 1 aromatic carbocycles. The molecule has 0 bridgehead atoms. The Kier molecular flexibility index (Phi) is 2.72. The quantitative estimate of drug-likeness (QED) is 0.741. The Morgan fingerprint density at radius 3 is 2.76 bits per heavy atom. The van der Waals surface area contributed by atoms with Gasteiger partial charge in [-0.2, -0.15) is 0 Å². The van der Waals surface area contributed by atoms with Crippen LogP contribution < -0.4 is 5.73 Å². The molecule has 0 spiro atoms. The summed E-state index contributed by atoms with van der Waals surface area (Å²) in [4.78, 5) is 2.59. The van der Waals surface area contributed by atoms with Crippen molar-refractivity contribution in [2.75, 3.05) is 13.1 Å². The van der Waals surface area contributed by atoms with Gasteiger partial charge >= 0.3 is 0 Å². The Bertz CT molecular complexity index is 439. The van der Waals surface area contributed by atoms with Crippen molar-refractivity contribution in [3.05, 3.63) is 34.4 Å². The standard InChI is InChI=1S/C15H22N2/c1-10-8-12-5-7-17-6-3-4-14(16)15(17)13(12)9-11(10)2/h8-9,14-15H,3-7,16H2,1-2H3. The Morgan fingerprint density at radius 2 is 1.94 bits per heavy atom. The highest BCUT2D eigenvalue weighted by atomic mass is 15.2. The zero-order valence-corrected chi connectivity index (χ0v) is 10.9. The fourth-order valence-electron chi connectivity index (χ4n) is 3.43. The Labute approximate surface area is 104 Å². The van der Waals surface area contributed by atoms with Gasteiger partial charge in [-0.25, -0.2) is 0 Å². The first-order valence-corrected chi connectivity index (χ1v) is 6.76. The number of aryl methyl sites for hydroxylation is 2. The highest BCUT2D eigenvalue weighted by Crippen LogP contribution is 2.37. The summed E-state index contributed by atoms with van der Waals surface area (Å²) in [6.45, 7) is 6.84. The lowest BCUT2D eigenvalue weighted by Gasteiger charge is -2.44. The van der Waals surface area contributed by atoms with E-state index in [0.29, 0.717) is 12.1 Å². The molecule has 2 unspecified atom stereocenters. The third-order valence-electron chi connectivity index (χ3n) is 4.52. The van der Waals surface area contributed by atoms with Crippen LogP contribution in [0.5, 0.6) is 0 Å². The average molecular weight is 230 g/mol. The number of fused-ring (bicyclic) bond motifs is 3. The summed E-state index contributed by atoms with van der Waals surface area (Å²) in [5.74, 6) is 0. The SMILES string of the molecule is Cc1cc2c(cc1C)C1C(N)CCCN1CC2. The van der Waals surface area contributed by atoms with Crippen LogP contribution in [0.2, 0.25) is 0 Å². The Hall–Kier alpha value is -0.860. The van der Waals surface area contributed by atoms with E-state index in [9.17, 15) is 0 Å². The van der Waals surface area contributed by atoms with Gasteiger partial charge in [0.25, 0.3) is 0 Å². The molecule has 0 aliphatic carbocycles. The van der Waals surface area contributed by atoms with E-state index in [1.165, 1.54) is 54.6 Å². The summed E-state index contributed by atoms with van der Waals surface area (Å²) < 4.78 is 0. The first-order valence-electron chi connectivity index (χ1n) is 6.76. The van der Waals surface area contributed by atoms with Crippen LogP contribution >= 0.6 is 0 Å². The normalized spacial score (nSPS) is 28.6. The number of piperidine rings is 1. The van der Waals surface area contributed by atoms with Crippen molar-refractivity contribution < 1.29 is 0 Å². The van der Waals surface area contributed by atoms with Crippen LogP contribution in [0.25, 0.3) is 0 Å². The molecule has 2 heteroatoms. The maximum Gasteiger partial charge on any atom is 0.0502 e. The van der Waals surface area contributed by atoms with E-state index in [4.69, 9.17) is 5.73 Å². The smallest absolute Gasteiger partial charge is 0.0502 e. The van der Waals surface area contributed by atoms with Gasteiger partial charge in [-0.3, -0.25) is 4.90 Å². The number of rotatable bonds is 0. The largest absolute Gasteiger partial charge is 0.326 e. The number of hydrogen-bond donors (Lipinski definition) is 1. The fraction of sp³-hybridized carbons (Fsp3) is 0.600. The van der Waals surface area contributed by atoms with E-state index in [2.05, 4.69) is 30.9 Å². The fourth-order valence-corrected chi connectivity index (χ4v) is 3.43. The Morgan fingerprint density at radius 1 is 1.18 bits per heavy atom. The van der Waals surface area contributed by atoms with E-state index < -0.39 is 0 Å². The molecule has 2 atom stereocenters. The molecule has 0 saturated carbocycles. The summed E-state index contributed by atoms with van der Waals surface area (Å²) in [6.07, 6.45) is 3.63. The minimum absolute atomic E-state index is 0.324. The van der Waals surface area contributed by atoms with E-state index in [1.54, 1.807) is 0 Å². The third-order valence-corrected chi connectivity index (χ3v) is 4.52. The van der Waals surface area contributed by atoms with Crippen molar-refractivity contribution in [1.82, 2.24) is 4.90 Å². The molecule has 2 heterocycles. The zero-order valence-electron chi connectivity index (χ0n) is 10.9. The van der Waals surface area contributed by atoms with Crippen LogP contribution in [0, 0.1) is 13.8 Å². The molecule has 2 aliphatic heterocycles. The van der Waals surface area contributed by atoms with E-state index >= 15 is 0 Å². The molecule has 1 aromatic rings. The number of nitrogens with zero attached hydrogens (tertiary/aromatic N) is 1. The molecule has 2 aliphatic rings. The predicted octanol–water partition coefficient (Wildman–Crippen LogP) is 2.32. The van der Waals surface area contributed by atoms with Gasteiger partial charge in [-0.1, -0.05) is 12.1 Å². The first kappa shape index (κ1) is 11.2. The van der Waals surface area contributed by atoms with Crippen LogP contribution in [0.1, 0.15) is 41.1 Å². The monoisotopic (exact) mass is 230 g/mol. The van der Waals surface area contributed by atoms with Gasteiger partial charge in [-0.05, 0) is 61.9 Å². The molecule has 1 fully saturated rings. The lowest BCUT2D eigenvalue weighted by molar-refractivity contribution is 0.119. The van der Waals surface area contributed by atoms with Gasteiger partial charge in [0.1, 0.15) is 0 Å². The third kappa shape index (κ3) is 1.80. The van der Waals surface area contributed by atoms with E-state index in [-0.39, 0.29) is 0 Å². The number of benzene rings is 1. The van der Waals surface area contributed by atoms with Gasteiger partial charge in [0.05, 0.1) is 6.04 Å². The molecule has 17 heavy (non-hydrogen) atoms. The summed E-state index contributed by atoms with van der Waals surface area (Å²) in [6, 6.07) is 5.56. The lowest BCUT2D eigenvalue weighted by atomic mass is 9.82. The maximum absolute atomic E-state index is 6.35. The summed E-state index contributed by atoms with van der Waals surface area (Å²) in [5, 5.41) is 0. The van der Waals surface area contributed by atoms with Crippen LogP contribution in [0.4, 0.5) is 0 Å². The van der Waals surface area contributed by atoms with Gasteiger partial charge < -0.3 is 5.73 Å². The predicted molar refractivity (Wildman–Crippen MR) is 71.1 cm³/mol.